The fourth-order valence-corrected chi connectivity index (χ4v) is 3.43. The summed E-state index contributed by atoms with van der Waals surface area (Å²) in [5.41, 5.74) is 2.74. The third-order valence-corrected chi connectivity index (χ3v) is 4.94. The normalized spacial score (nSPS) is 14.0. The molecule has 5 heteroatoms. The van der Waals surface area contributed by atoms with Crippen molar-refractivity contribution in [3.63, 3.8) is 0 Å². The maximum atomic E-state index is 13.4. The van der Waals surface area contributed by atoms with Gasteiger partial charge in [-0.1, -0.05) is 60.1 Å². The molecule has 0 atom stereocenters. The maximum Gasteiger partial charge on any atom is 0.282 e. The molecule has 0 saturated heterocycles. The van der Waals surface area contributed by atoms with E-state index in [-0.39, 0.29) is 11.8 Å². The summed E-state index contributed by atoms with van der Waals surface area (Å²) in [5.74, 6) is -0.714. The molecular weight excluding hydrogens is 372 g/mol. The smallest absolute Gasteiger partial charge is 0.282 e. The zero-order valence-corrected chi connectivity index (χ0v) is 15.9. The predicted molar refractivity (Wildman–Crippen MR) is 112 cm³/mol. The average Bonchev–Trinajstić information content (AvgIpc) is 2.99. The van der Waals surface area contributed by atoms with Crippen LogP contribution in [0.15, 0.2) is 90.6 Å². The summed E-state index contributed by atoms with van der Waals surface area (Å²) in [4.78, 5) is 29.7. The van der Waals surface area contributed by atoms with Crippen LogP contribution in [-0.2, 0) is 9.59 Å². The number of hydrogen-bond donors (Lipinski definition) is 0. The van der Waals surface area contributed by atoms with Crippen molar-refractivity contribution in [1.29, 1.82) is 0 Å². The van der Waals surface area contributed by atoms with E-state index in [2.05, 4.69) is 0 Å². The summed E-state index contributed by atoms with van der Waals surface area (Å²) < 4.78 is 0. The number of anilines is 2. The number of hydrogen-bond acceptors (Lipinski definition) is 3. The number of halogens is 1. The minimum atomic E-state index is -0.363. The van der Waals surface area contributed by atoms with Gasteiger partial charge in [0.15, 0.2) is 0 Å². The Kier molecular flexibility index (Phi) is 4.72. The van der Waals surface area contributed by atoms with E-state index < -0.39 is 0 Å². The molecule has 28 heavy (non-hydrogen) atoms. The molecular formula is C23H17ClN2O2. The lowest BCUT2D eigenvalue weighted by Gasteiger charge is -2.21. The monoisotopic (exact) mass is 388 g/mol. The van der Waals surface area contributed by atoms with Crippen LogP contribution in [0.25, 0.3) is 5.57 Å². The van der Waals surface area contributed by atoms with E-state index >= 15 is 0 Å². The van der Waals surface area contributed by atoms with Crippen LogP contribution in [0.5, 0.6) is 0 Å². The van der Waals surface area contributed by atoms with Crippen LogP contribution in [0.4, 0.5) is 11.4 Å². The van der Waals surface area contributed by atoms with Crippen molar-refractivity contribution >= 4 is 40.4 Å². The van der Waals surface area contributed by atoms with Crippen LogP contribution in [-0.4, -0.2) is 18.9 Å². The van der Waals surface area contributed by atoms with Crippen LogP contribution < -0.4 is 9.80 Å². The van der Waals surface area contributed by atoms with E-state index in [1.807, 2.05) is 60.7 Å². The summed E-state index contributed by atoms with van der Waals surface area (Å²) >= 11 is 5.97. The number of imide groups is 1. The average molecular weight is 389 g/mol. The summed E-state index contributed by atoms with van der Waals surface area (Å²) in [6.07, 6.45) is 0. The molecule has 0 unspecified atom stereocenters. The van der Waals surface area contributed by atoms with Gasteiger partial charge in [-0.2, -0.15) is 0 Å². The third-order valence-electron chi connectivity index (χ3n) is 4.69. The molecule has 3 aromatic carbocycles. The van der Waals surface area contributed by atoms with Crippen molar-refractivity contribution in [3.05, 3.63) is 101 Å². The van der Waals surface area contributed by atoms with Gasteiger partial charge in [0.05, 0.1) is 11.3 Å². The standard InChI is InChI=1S/C23H17ClN2O2/c1-25(18-10-6-3-7-11-18)21-20(16-8-4-2-5-9-16)22(27)26(23(21)28)19-14-12-17(24)13-15-19/h2-15H,1H3. The molecule has 1 aliphatic rings. The molecule has 4 nitrogen and oxygen atoms in total. The van der Waals surface area contributed by atoms with Gasteiger partial charge in [-0.25, -0.2) is 4.90 Å². The lowest BCUT2D eigenvalue weighted by Crippen LogP contribution is -2.34. The lowest BCUT2D eigenvalue weighted by molar-refractivity contribution is -0.120. The Morgan fingerprint density at radius 1 is 0.750 bits per heavy atom. The van der Waals surface area contributed by atoms with Crippen LogP contribution in [0, 0.1) is 0 Å². The number of carbonyl (C=O) groups excluding carboxylic acids is 2. The van der Waals surface area contributed by atoms with E-state index in [0.29, 0.717) is 27.5 Å². The zero-order chi connectivity index (χ0) is 19.7. The minimum absolute atomic E-state index is 0.345. The molecule has 0 aliphatic carbocycles. The summed E-state index contributed by atoms with van der Waals surface area (Å²) in [5, 5.41) is 0.542. The maximum absolute atomic E-state index is 13.4. The first kappa shape index (κ1) is 18.0. The first-order valence-corrected chi connectivity index (χ1v) is 9.18. The van der Waals surface area contributed by atoms with Gasteiger partial charge in [0.2, 0.25) is 0 Å². The Hall–Kier alpha value is -3.37. The molecule has 0 fully saturated rings. The van der Waals surface area contributed by atoms with Gasteiger partial charge in [0.1, 0.15) is 5.70 Å². The molecule has 0 bridgehead atoms. The van der Waals surface area contributed by atoms with Gasteiger partial charge >= 0.3 is 0 Å². The summed E-state index contributed by atoms with van der Waals surface area (Å²) in [7, 11) is 1.80. The third kappa shape index (κ3) is 3.08. The molecule has 0 N–H and O–H groups in total. The highest BCUT2D eigenvalue weighted by atomic mass is 35.5. The van der Waals surface area contributed by atoms with Gasteiger partial charge in [-0.15, -0.1) is 0 Å². The second kappa shape index (κ2) is 7.33. The Bertz CT molecular complexity index is 1060. The second-order valence-corrected chi connectivity index (χ2v) is 6.84. The molecule has 0 aromatic heterocycles. The van der Waals surface area contributed by atoms with E-state index in [4.69, 9.17) is 11.6 Å². The predicted octanol–water partition coefficient (Wildman–Crippen LogP) is 4.76. The Morgan fingerprint density at radius 2 is 1.32 bits per heavy atom. The van der Waals surface area contributed by atoms with E-state index in [0.717, 1.165) is 5.69 Å². The summed E-state index contributed by atoms with van der Waals surface area (Å²) in [6, 6.07) is 25.4. The molecule has 0 saturated carbocycles. The molecule has 0 spiro atoms. The van der Waals surface area contributed by atoms with Crippen molar-refractivity contribution in [1.82, 2.24) is 0 Å². The van der Waals surface area contributed by atoms with Gasteiger partial charge in [0.25, 0.3) is 11.8 Å². The van der Waals surface area contributed by atoms with Crippen LogP contribution in [0.1, 0.15) is 5.56 Å². The SMILES string of the molecule is CN(C1=C(c2ccccc2)C(=O)N(c2ccc(Cl)cc2)C1=O)c1ccccc1. The highest BCUT2D eigenvalue weighted by Gasteiger charge is 2.42. The molecule has 1 aliphatic heterocycles. The van der Waals surface area contributed by atoms with Crippen LogP contribution in [0.3, 0.4) is 0 Å². The van der Waals surface area contributed by atoms with Gasteiger partial charge < -0.3 is 4.90 Å². The number of carbonyl (C=O) groups is 2. The molecule has 2 amide bonds. The quantitative estimate of drug-likeness (QED) is 0.605. The number of likely N-dealkylation sites (N-methyl/N-ethyl adjacent to an activating group) is 1. The highest BCUT2D eigenvalue weighted by Crippen LogP contribution is 2.36. The minimum Gasteiger partial charge on any atom is -0.339 e. The second-order valence-electron chi connectivity index (χ2n) is 6.41. The number of nitrogens with zero attached hydrogens (tertiary/aromatic N) is 2. The Balaban J connectivity index is 1.86. The van der Waals surface area contributed by atoms with Crippen molar-refractivity contribution in [2.75, 3.05) is 16.8 Å². The molecule has 4 rings (SSSR count). The summed E-state index contributed by atoms with van der Waals surface area (Å²) in [6.45, 7) is 0. The van der Waals surface area contributed by atoms with Gasteiger partial charge in [0, 0.05) is 17.8 Å². The first-order valence-electron chi connectivity index (χ1n) is 8.81. The topological polar surface area (TPSA) is 40.6 Å². The fraction of sp³-hybridized carbons (Fsp3) is 0.0435. The fourth-order valence-electron chi connectivity index (χ4n) is 3.30. The van der Waals surface area contributed by atoms with Crippen LogP contribution in [0.2, 0.25) is 5.02 Å². The molecule has 0 radical (unpaired) electrons. The van der Waals surface area contributed by atoms with Crippen molar-refractivity contribution < 1.29 is 9.59 Å². The Labute approximate surface area is 168 Å². The first-order chi connectivity index (χ1) is 13.6. The van der Waals surface area contributed by atoms with Gasteiger partial charge in [-0.05, 0) is 42.0 Å². The van der Waals surface area contributed by atoms with Crippen molar-refractivity contribution in [2.24, 2.45) is 0 Å². The molecule has 1 heterocycles. The highest BCUT2D eigenvalue weighted by molar-refractivity contribution is 6.46. The van der Waals surface area contributed by atoms with Crippen LogP contribution >= 0.6 is 11.6 Å². The van der Waals surface area contributed by atoms with E-state index in [1.54, 1.807) is 36.2 Å². The number of rotatable bonds is 4. The Morgan fingerprint density at radius 3 is 1.93 bits per heavy atom. The lowest BCUT2D eigenvalue weighted by atomic mass is 10.0. The number of benzene rings is 3. The van der Waals surface area contributed by atoms with Gasteiger partial charge in [-0.3, -0.25) is 9.59 Å². The van der Waals surface area contributed by atoms with Crippen molar-refractivity contribution in [2.45, 2.75) is 0 Å². The molecule has 3 aromatic rings. The molecule has 138 valence electrons. The van der Waals surface area contributed by atoms with Crippen molar-refractivity contribution in [3.8, 4) is 0 Å². The largest absolute Gasteiger partial charge is 0.339 e. The van der Waals surface area contributed by atoms with E-state index in [1.165, 1.54) is 4.90 Å². The van der Waals surface area contributed by atoms with E-state index in [9.17, 15) is 9.59 Å². The zero-order valence-electron chi connectivity index (χ0n) is 15.2. The number of amides is 2. The number of para-hydroxylation sites is 1.